The fraction of sp³-hybridized carbons (Fsp3) is 0.167. The molecule has 25 heavy (non-hydrogen) atoms. The summed E-state index contributed by atoms with van der Waals surface area (Å²) in [5.74, 6) is 0.209. The van der Waals surface area contributed by atoms with Crippen LogP contribution in [0.5, 0.6) is 0 Å². The van der Waals surface area contributed by atoms with Crippen LogP contribution in [0.15, 0.2) is 60.2 Å². The third-order valence-corrected chi connectivity index (χ3v) is 4.50. The number of hydrogen-bond donors (Lipinski definition) is 2. The Bertz CT molecular complexity index is 792. The highest BCUT2D eigenvalue weighted by Gasteiger charge is 2.14. The van der Waals surface area contributed by atoms with Gasteiger partial charge in [-0.1, -0.05) is 24.3 Å². The molecule has 2 heterocycles. The first-order valence-electron chi connectivity index (χ1n) is 7.75. The normalized spacial score (nSPS) is 11.7. The first kappa shape index (κ1) is 17.1. The van der Waals surface area contributed by atoms with Crippen molar-refractivity contribution >= 4 is 28.9 Å². The predicted octanol–water partition coefficient (Wildman–Crippen LogP) is 3.40. The maximum Gasteiger partial charge on any atom is 0.254 e. The number of aromatic nitrogens is 2. The molecule has 0 unspecified atom stereocenters. The number of carbonyl (C=O) groups is 1. The smallest absolute Gasteiger partial charge is 0.254 e. The molecule has 0 saturated carbocycles. The highest BCUT2D eigenvalue weighted by Crippen LogP contribution is 2.21. The third kappa shape index (κ3) is 4.62. The zero-order chi connectivity index (χ0) is 17.5. The Hall–Kier alpha value is -2.77. The minimum atomic E-state index is -0.232. The second-order valence-corrected chi connectivity index (χ2v) is 6.22. The van der Waals surface area contributed by atoms with Crippen LogP contribution in [-0.4, -0.2) is 29.5 Å². The summed E-state index contributed by atoms with van der Waals surface area (Å²) in [6, 6.07) is 13.5. The summed E-state index contributed by atoms with van der Waals surface area (Å²) in [5.41, 5.74) is 1.29. The van der Waals surface area contributed by atoms with Crippen LogP contribution in [0.2, 0.25) is 0 Å². The van der Waals surface area contributed by atoms with Crippen LogP contribution < -0.4 is 10.6 Å². The van der Waals surface area contributed by atoms with Crippen molar-refractivity contribution in [2.24, 2.45) is 0 Å². The molecule has 6 nitrogen and oxygen atoms in total. The monoisotopic (exact) mass is 354 g/mol. The molecule has 2 aromatic heterocycles. The average molecular weight is 354 g/mol. The van der Waals surface area contributed by atoms with Gasteiger partial charge in [0.25, 0.3) is 5.91 Å². The minimum Gasteiger partial charge on any atom is -0.374 e. The molecule has 0 aliphatic heterocycles. The highest BCUT2D eigenvalue weighted by molar-refractivity contribution is 7.10. The van der Waals surface area contributed by atoms with Crippen molar-refractivity contribution in [1.82, 2.24) is 15.3 Å². The lowest BCUT2D eigenvalue weighted by Crippen LogP contribution is -2.29. The second-order valence-electron chi connectivity index (χ2n) is 5.24. The number of benzene rings is 1. The lowest BCUT2D eigenvalue weighted by Gasteiger charge is -2.14. The van der Waals surface area contributed by atoms with Crippen molar-refractivity contribution < 1.29 is 9.53 Å². The quantitative estimate of drug-likeness (QED) is 0.680. The fourth-order valence-corrected chi connectivity index (χ4v) is 3.03. The first-order valence-corrected chi connectivity index (χ1v) is 8.63. The molecule has 1 atom stereocenters. The molecule has 0 fully saturated rings. The van der Waals surface area contributed by atoms with Gasteiger partial charge in [-0.25, -0.2) is 9.97 Å². The molecule has 128 valence electrons. The third-order valence-electron chi connectivity index (χ3n) is 3.54. The predicted molar refractivity (Wildman–Crippen MR) is 98.2 cm³/mol. The average Bonchev–Trinajstić information content (AvgIpc) is 3.18. The molecule has 3 aromatic rings. The Kier molecular flexibility index (Phi) is 5.71. The number of anilines is 2. The van der Waals surface area contributed by atoms with Gasteiger partial charge in [0.15, 0.2) is 0 Å². The van der Waals surface area contributed by atoms with E-state index in [9.17, 15) is 4.79 Å². The SMILES string of the molecule is CO[C@@H](CNC(=O)c1cnc(Nc2ccccc2)nc1)c1cccs1. The van der Waals surface area contributed by atoms with Gasteiger partial charge in [-0.15, -0.1) is 11.3 Å². The van der Waals surface area contributed by atoms with Gasteiger partial charge in [0, 0.05) is 36.6 Å². The van der Waals surface area contributed by atoms with Crippen molar-refractivity contribution in [3.05, 3.63) is 70.7 Å². The van der Waals surface area contributed by atoms with Crippen LogP contribution in [0.1, 0.15) is 21.3 Å². The van der Waals surface area contributed by atoms with E-state index < -0.39 is 0 Å². The summed E-state index contributed by atoms with van der Waals surface area (Å²) in [7, 11) is 1.63. The van der Waals surface area contributed by atoms with Crippen LogP contribution in [-0.2, 0) is 4.74 Å². The summed E-state index contributed by atoms with van der Waals surface area (Å²) in [6.45, 7) is 0.389. The summed E-state index contributed by atoms with van der Waals surface area (Å²) in [4.78, 5) is 21.7. The number of nitrogens with one attached hydrogen (secondary N) is 2. The lowest BCUT2D eigenvalue weighted by atomic mass is 10.2. The lowest BCUT2D eigenvalue weighted by molar-refractivity contribution is 0.0837. The summed E-state index contributed by atoms with van der Waals surface area (Å²) >= 11 is 1.60. The Morgan fingerprint density at radius 3 is 2.56 bits per heavy atom. The molecule has 3 rings (SSSR count). The molecule has 1 amide bonds. The van der Waals surface area contributed by atoms with Gasteiger partial charge >= 0.3 is 0 Å². The number of para-hydroxylation sites is 1. The number of rotatable bonds is 7. The number of amides is 1. The minimum absolute atomic E-state index is 0.163. The van der Waals surface area contributed by atoms with Gasteiger partial charge < -0.3 is 15.4 Å². The van der Waals surface area contributed by atoms with Crippen LogP contribution in [0.4, 0.5) is 11.6 Å². The highest BCUT2D eigenvalue weighted by atomic mass is 32.1. The molecular weight excluding hydrogens is 336 g/mol. The van der Waals surface area contributed by atoms with E-state index in [2.05, 4.69) is 20.6 Å². The van der Waals surface area contributed by atoms with E-state index >= 15 is 0 Å². The molecule has 0 aliphatic rings. The van der Waals surface area contributed by atoms with Crippen LogP contribution in [0.3, 0.4) is 0 Å². The Morgan fingerprint density at radius 1 is 1.16 bits per heavy atom. The maximum absolute atomic E-state index is 12.2. The number of hydrogen-bond acceptors (Lipinski definition) is 6. The summed E-state index contributed by atoms with van der Waals surface area (Å²) in [5, 5.41) is 7.91. The summed E-state index contributed by atoms with van der Waals surface area (Å²) in [6.07, 6.45) is 2.84. The van der Waals surface area contributed by atoms with Crippen LogP contribution in [0.25, 0.3) is 0 Å². The van der Waals surface area contributed by atoms with E-state index in [0.717, 1.165) is 10.6 Å². The van der Waals surface area contributed by atoms with Crippen LogP contribution >= 0.6 is 11.3 Å². The second kappa shape index (κ2) is 8.36. The van der Waals surface area contributed by atoms with Gasteiger partial charge in [-0.2, -0.15) is 0 Å². The van der Waals surface area contributed by atoms with Gasteiger partial charge in [0.2, 0.25) is 5.95 Å². The van der Waals surface area contributed by atoms with Gasteiger partial charge in [-0.3, -0.25) is 4.79 Å². The zero-order valence-corrected chi connectivity index (χ0v) is 14.5. The number of ether oxygens (including phenoxy) is 1. The zero-order valence-electron chi connectivity index (χ0n) is 13.7. The molecule has 7 heteroatoms. The maximum atomic E-state index is 12.2. The van der Waals surface area contributed by atoms with Crippen molar-refractivity contribution in [1.29, 1.82) is 0 Å². The molecule has 0 aliphatic carbocycles. The fourth-order valence-electron chi connectivity index (χ4n) is 2.22. The molecule has 0 radical (unpaired) electrons. The number of thiophene rings is 1. The standard InChI is InChI=1S/C18H18N4O2S/c1-24-15(16-8-5-9-25-16)12-19-17(23)13-10-20-18(21-11-13)22-14-6-3-2-4-7-14/h2-11,15H,12H2,1H3,(H,19,23)(H,20,21,22)/t15-/m0/s1. The largest absolute Gasteiger partial charge is 0.374 e. The van der Waals surface area contributed by atoms with Crippen LogP contribution in [0, 0.1) is 0 Å². The van der Waals surface area contributed by atoms with E-state index in [1.165, 1.54) is 12.4 Å². The molecule has 1 aromatic carbocycles. The van der Waals surface area contributed by atoms with Gasteiger partial charge in [-0.05, 0) is 23.6 Å². The first-order chi connectivity index (χ1) is 12.3. The Morgan fingerprint density at radius 2 is 1.92 bits per heavy atom. The van der Waals surface area contributed by atoms with E-state index in [0.29, 0.717) is 18.1 Å². The molecule has 0 saturated heterocycles. The Balaban J connectivity index is 1.57. The van der Waals surface area contributed by atoms with Crippen molar-refractivity contribution in [2.75, 3.05) is 19.0 Å². The van der Waals surface area contributed by atoms with Crippen molar-refractivity contribution in [3.8, 4) is 0 Å². The van der Waals surface area contributed by atoms with E-state index in [1.54, 1.807) is 18.4 Å². The summed E-state index contributed by atoms with van der Waals surface area (Å²) < 4.78 is 5.42. The van der Waals surface area contributed by atoms with E-state index in [-0.39, 0.29) is 12.0 Å². The molecule has 2 N–H and O–H groups in total. The Labute approximate surface area is 149 Å². The molecule has 0 bridgehead atoms. The van der Waals surface area contributed by atoms with E-state index in [1.807, 2.05) is 47.8 Å². The van der Waals surface area contributed by atoms with E-state index in [4.69, 9.17) is 4.74 Å². The molecule has 0 spiro atoms. The molecular formula is C18H18N4O2S. The topological polar surface area (TPSA) is 76.1 Å². The van der Waals surface area contributed by atoms with Crippen molar-refractivity contribution in [2.45, 2.75) is 6.10 Å². The number of nitrogens with zero attached hydrogens (tertiary/aromatic N) is 2. The van der Waals surface area contributed by atoms with Gasteiger partial charge in [0.05, 0.1) is 5.56 Å². The number of carbonyl (C=O) groups excluding carboxylic acids is 1. The van der Waals surface area contributed by atoms with Gasteiger partial charge in [0.1, 0.15) is 6.10 Å². The van der Waals surface area contributed by atoms with Crippen molar-refractivity contribution in [3.63, 3.8) is 0 Å². The number of methoxy groups -OCH3 is 1.